The zero-order valence-corrected chi connectivity index (χ0v) is 13.3. The zero-order chi connectivity index (χ0) is 15.1. The van der Waals surface area contributed by atoms with Crippen molar-refractivity contribution in [3.05, 3.63) is 35.4 Å². The molecule has 0 atom stereocenters. The fourth-order valence-corrected chi connectivity index (χ4v) is 2.04. The second-order valence-electron chi connectivity index (χ2n) is 5.70. The lowest BCUT2D eigenvalue weighted by molar-refractivity contribution is -0.145. The van der Waals surface area contributed by atoms with Crippen molar-refractivity contribution in [2.45, 2.75) is 53.1 Å². The third-order valence-corrected chi connectivity index (χ3v) is 3.40. The Hall–Kier alpha value is -1.35. The van der Waals surface area contributed by atoms with Crippen molar-refractivity contribution in [1.82, 2.24) is 4.90 Å². The third kappa shape index (κ3) is 5.33. The van der Waals surface area contributed by atoms with Crippen LogP contribution in [0.25, 0.3) is 0 Å². The van der Waals surface area contributed by atoms with Crippen LogP contribution in [-0.4, -0.2) is 30.1 Å². The molecule has 0 N–H and O–H groups in total. The Morgan fingerprint density at radius 2 is 1.75 bits per heavy atom. The van der Waals surface area contributed by atoms with Crippen LogP contribution >= 0.6 is 0 Å². The van der Waals surface area contributed by atoms with Crippen molar-refractivity contribution < 1.29 is 9.53 Å². The lowest BCUT2D eigenvalue weighted by atomic mass is 10.0. The minimum Gasteiger partial charge on any atom is -0.465 e. The van der Waals surface area contributed by atoms with Crippen LogP contribution < -0.4 is 0 Å². The Morgan fingerprint density at radius 3 is 2.20 bits per heavy atom. The number of carbonyl (C=O) groups is 1. The largest absolute Gasteiger partial charge is 0.465 e. The molecule has 3 heteroatoms. The van der Waals surface area contributed by atoms with Crippen molar-refractivity contribution >= 4 is 5.97 Å². The van der Waals surface area contributed by atoms with Gasteiger partial charge in [0.15, 0.2) is 0 Å². The molecule has 0 spiro atoms. The van der Waals surface area contributed by atoms with E-state index in [0.717, 1.165) is 6.54 Å². The minimum absolute atomic E-state index is 0.153. The number of hydrogen-bond donors (Lipinski definition) is 0. The van der Waals surface area contributed by atoms with E-state index in [2.05, 4.69) is 56.9 Å². The predicted octanol–water partition coefficient (Wildman–Crippen LogP) is 3.58. The van der Waals surface area contributed by atoms with Gasteiger partial charge in [-0.3, -0.25) is 9.69 Å². The quantitative estimate of drug-likeness (QED) is 0.713. The molecule has 112 valence electrons. The van der Waals surface area contributed by atoms with E-state index < -0.39 is 0 Å². The molecule has 0 amide bonds. The summed E-state index contributed by atoms with van der Waals surface area (Å²) in [6, 6.07) is 8.95. The number of nitrogens with zero attached hydrogens (tertiary/aromatic N) is 1. The standard InChI is InChI=1S/C17H27NO2/c1-6-20-17(19)12-18(14(4)5)11-15-7-9-16(10-8-15)13(2)3/h7-10,13-14H,6,11-12H2,1-5H3. The molecule has 0 saturated carbocycles. The molecule has 0 aromatic heterocycles. The molecule has 0 radical (unpaired) electrons. The first-order valence-electron chi connectivity index (χ1n) is 7.42. The molecule has 0 saturated heterocycles. The molecule has 0 unspecified atom stereocenters. The maximum atomic E-state index is 11.6. The summed E-state index contributed by atoms with van der Waals surface area (Å²) in [6.45, 7) is 12.0. The van der Waals surface area contributed by atoms with Crippen molar-refractivity contribution in [3.8, 4) is 0 Å². The van der Waals surface area contributed by atoms with Gasteiger partial charge in [0, 0.05) is 12.6 Å². The predicted molar refractivity (Wildman–Crippen MR) is 82.7 cm³/mol. The van der Waals surface area contributed by atoms with Gasteiger partial charge in [0.2, 0.25) is 0 Å². The molecule has 3 nitrogen and oxygen atoms in total. The van der Waals surface area contributed by atoms with Crippen LogP contribution in [-0.2, 0) is 16.1 Å². The molecule has 0 fully saturated rings. The van der Waals surface area contributed by atoms with Crippen molar-refractivity contribution in [3.63, 3.8) is 0 Å². The van der Waals surface area contributed by atoms with E-state index in [4.69, 9.17) is 4.74 Å². The average Bonchev–Trinajstić information content (AvgIpc) is 2.38. The second kappa shape index (κ2) is 8.05. The van der Waals surface area contributed by atoms with E-state index in [1.807, 2.05) is 6.92 Å². The molecule has 0 heterocycles. The highest BCUT2D eigenvalue weighted by Gasteiger charge is 2.15. The Labute approximate surface area is 122 Å². The summed E-state index contributed by atoms with van der Waals surface area (Å²) in [6.07, 6.45) is 0. The summed E-state index contributed by atoms with van der Waals surface area (Å²) >= 11 is 0. The second-order valence-corrected chi connectivity index (χ2v) is 5.70. The van der Waals surface area contributed by atoms with Crippen LogP contribution in [0.3, 0.4) is 0 Å². The van der Waals surface area contributed by atoms with Crippen LogP contribution in [0, 0.1) is 0 Å². The van der Waals surface area contributed by atoms with Gasteiger partial charge in [0.25, 0.3) is 0 Å². The number of hydrogen-bond acceptors (Lipinski definition) is 3. The molecular weight excluding hydrogens is 250 g/mol. The zero-order valence-electron chi connectivity index (χ0n) is 13.3. The summed E-state index contributed by atoms with van der Waals surface area (Å²) in [7, 11) is 0. The van der Waals surface area contributed by atoms with Crippen LogP contribution in [0.5, 0.6) is 0 Å². The van der Waals surface area contributed by atoms with Gasteiger partial charge in [-0.2, -0.15) is 0 Å². The van der Waals surface area contributed by atoms with Gasteiger partial charge in [0.05, 0.1) is 13.2 Å². The molecule has 0 aliphatic carbocycles. The summed E-state index contributed by atoms with van der Waals surface area (Å²) in [4.78, 5) is 13.8. The Bertz CT molecular complexity index is 410. The molecule has 0 aliphatic rings. The van der Waals surface area contributed by atoms with E-state index in [1.54, 1.807) is 0 Å². The van der Waals surface area contributed by atoms with E-state index in [1.165, 1.54) is 11.1 Å². The van der Waals surface area contributed by atoms with Crippen LogP contribution in [0.4, 0.5) is 0 Å². The first kappa shape index (κ1) is 16.7. The van der Waals surface area contributed by atoms with Crippen LogP contribution in [0.2, 0.25) is 0 Å². The maximum absolute atomic E-state index is 11.6. The van der Waals surface area contributed by atoms with Crippen LogP contribution in [0.15, 0.2) is 24.3 Å². The van der Waals surface area contributed by atoms with Gasteiger partial charge in [-0.1, -0.05) is 38.1 Å². The van der Waals surface area contributed by atoms with Crippen molar-refractivity contribution in [2.75, 3.05) is 13.2 Å². The lowest BCUT2D eigenvalue weighted by Crippen LogP contribution is -2.36. The topological polar surface area (TPSA) is 29.5 Å². The van der Waals surface area contributed by atoms with Gasteiger partial charge in [0.1, 0.15) is 0 Å². The Balaban J connectivity index is 2.67. The van der Waals surface area contributed by atoms with E-state index in [9.17, 15) is 4.79 Å². The molecule has 1 aromatic rings. The summed E-state index contributed by atoms with van der Waals surface area (Å²) < 4.78 is 5.03. The number of esters is 1. The lowest BCUT2D eigenvalue weighted by Gasteiger charge is -2.25. The van der Waals surface area contributed by atoms with E-state index >= 15 is 0 Å². The van der Waals surface area contributed by atoms with Gasteiger partial charge < -0.3 is 4.74 Å². The third-order valence-electron chi connectivity index (χ3n) is 3.40. The van der Waals surface area contributed by atoms with Gasteiger partial charge >= 0.3 is 5.97 Å². The molecule has 20 heavy (non-hydrogen) atoms. The highest BCUT2D eigenvalue weighted by atomic mass is 16.5. The fourth-order valence-electron chi connectivity index (χ4n) is 2.04. The number of carbonyl (C=O) groups excluding carboxylic acids is 1. The smallest absolute Gasteiger partial charge is 0.320 e. The first-order chi connectivity index (χ1) is 9.43. The number of ether oxygens (including phenoxy) is 1. The maximum Gasteiger partial charge on any atom is 0.320 e. The van der Waals surface area contributed by atoms with Gasteiger partial charge in [-0.15, -0.1) is 0 Å². The van der Waals surface area contributed by atoms with E-state index in [-0.39, 0.29) is 5.97 Å². The molecule has 1 aromatic carbocycles. The molecule has 0 aliphatic heterocycles. The molecule has 0 bridgehead atoms. The monoisotopic (exact) mass is 277 g/mol. The Morgan fingerprint density at radius 1 is 1.15 bits per heavy atom. The summed E-state index contributed by atoms with van der Waals surface area (Å²) in [5.41, 5.74) is 2.57. The first-order valence-corrected chi connectivity index (χ1v) is 7.42. The van der Waals surface area contributed by atoms with Crippen LogP contribution in [0.1, 0.15) is 51.7 Å². The fraction of sp³-hybridized carbons (Fsp3) is 0.588. The average molecular weight is 277 g/mol. The molecule has 1 rings (SSSR count). The van der Waals surface area contributed by atoms with Crippen molar-refractivity contribution in [2.24, 2.45) is 0 Å². The Kier molecular flexibility index (Phi) is 6.73. The van der Waals surface area contributed by atoms with Crippen molar-refractivity contribution in [1.29, 1.82) is 0 Å². The highest BCUT2D eigenvalue weighted by molar-refractivity contribution is 5.71. The minimum atomic E-state index is -0.153. The summed E-state index contributed by atoms with van der Waals surface area (Å²) in [5.74, 6) is 0.393. The van der Waals surface area contributed by atoms with Gasteiger partial charge in [-0.25, -0.2) is 0 Å². The number of rotatable bonds is 7. The van der Waals surface area contributed by atoms with E-state index in [0.29, 0.717) is 25.1 Å². The summed E-state index contributed by atoms with van der Waals surface area (Å²) in [5, 5.41) is 0. The highest BCUT2D eigenvalue weighted by Crippen LogP contribution is 2.16. The molecular formula is C17H27NO2. The SMILES string of the molecule is CCOC(=O)CN(Cc1ccc(C(C)C)cc1)C(C)C. The van der Waals surface area contributed by atoms with Gasteiger partial charge in [-0.05, 0) is 37.8 Å². The number of benzene rings is 1. The normalized spacial score (nSPS) is 11.4.